The van der Waals surface area contributed by atoms with E-state index in [0.717, 1.165) is 25.9 Å². The van der Waals surface area contributed by atoms with Crippen LogP contribution >= 0.6 is 0 Å². The Hall–Kier alpha value is -0.0900. The number of likely N-dealkylation sites (tertiary alicyclic amines) is 1. The molecule has 0 amide bonds. The smallest absolute Gasteiger partial charge is 0.150 e. The summed E-state index contributed by atoms with van der Waals surface area (Å²) in [6.07, 6.45) is 4.35. The SMILES string of the molecule is CC.CN1CCC2(CC(S(C)(=O)=O)C2)C1. The molecular weight excluding hydrogens is 210 g/mol. The van der Waals surface area contributed by atoms with E-state index in [-0.39, 0.29) is 5.25 Å². The first-order valence-electron chi connectivity index (χ1n) is 5.79. The van der Waals surface area contributed by atoms with Gasteiger partial charge in [-0.05, 0) is 38.3 Å². The lowest BCUT2D eigenvalue weighted by atomic mass is 9.68. The van der Waals surface area contributed by atoms with Gasteiger partial charge >= 0.3 is 0 Å². The van der Waals surface area contributed by atoms with Crippen molar-refractivity contribution in [3.05, 3.63) is 0 Å². The third-order valence-corrected chi connectivity index (χ3v) is 5.10. The first-order chi connectivity index (χ1) is 6.91. The van der Waals surface area contributed by atoms with Crippen LogP contribution in [0.25, 0.3) is 0 Å². The molecule has 3 nitrogen and oxygen atoms in total. The first-order valence-corrected chi connectivity index (χ1v) is 7.74. The van der Waals surface area contributed by atoms with Gasteiger partial charge in [-0.3, -0.25) is 0 Å². The summed E-state index contributed by atoms with van der Waals surface area (Å²) in [5, 5.41) is -0.0426. The monoisotopic (exact) mass is 233 g/mol. The summed E-state index contributed by atoms with van der Waals surface area (Å²) < 4.78 is 22.4. The Morgan fingerprint density at radius 3 is 2.13 bits per heavy atom. The van der Waals surface area contributed by atoms with Crippen LogP contribution < -0.4 is 0 Å². The van der Waals surface area contributed by atoms with Gasteiger partial charge in [-0.15, -0.1) is 0 Å². The molecule has 90 valence electrons. The van der Waals surface area contributed by atoms with E-state index in [9.17, 15) is 8.42 Å². The molecule has 0 aromatic heterocycles. The lowest BCUT2D eigenvalue weighted by Crippen LogP contribution is -2.46. The molecule has 1 saturated heterocycles. The summed E-state index contributed by atoms with van der Waals surface area (Å²) in [6.45, 7) is 6.23. The molecular formula is C11H23NO2S. The molecule has 0 aromatic carbocycles. The van der Waals surface area contributed by atoms with Crippen molar-refractivity contribution < 1.29 is 8.42 Å². The van der Waals surface area contributed by atoms with Gasteiger partial charge in [0.25, 0.3) is 0 Å². The minimum atomic E-state index is -2.77. The Labute approximate surface area is 93.8 Å². The van der Waals surface area contributed by atoms with E-state index in [0.29, 0.717) is 5.41 Å². The summed E-state index contributed by atoms with van der Waals surface area (Å²) in [6, 6.07) is 0. The Morgan fingerprint density at radius 1 is 1.27 bits per heavy atom. The van der Waals surface area contributed by atoms with Gasteiger partial charge in [0.15, 0.2) is 0 Å². The topological polar surface area (TPSA) is 37.4 Å². The lowest BCUT2D eigenvalue weighted by molar-refractivity contribution is 0.149. The molecule has 2 rings (SSSR count). The maximum absolute atomic E-state index is 11.2. The molecule has 0 aromatic rings. The van der Waals surface area contributed by atoms with Gasteiger partial charge in [0, 0.05) is 12.8 Å². The van der Waals surface area contributed by atoms with E-state index in [1.807, 2.05) is 13.8 Å². The van der Waals surface area contributed by atoms with E-state index < -0.39 is 9.84 Å². The van der Waals surface area contributed by atoms with Crippen LogP contribution in [0.3, 0.4) is 0 Å². The zero-order chi connectivity index (χ0) is 11.7. The predicted octanol–water partition coefficient (Wildman–Crippen LogP) is 1.54. The summed E-state index contributed by atoms with van der Waals surface area (Å²) in [5.74, 6) is 0. The van der Waals surface area contributed by atoms with E-state index in [4.69, 9.17) is 0 Å². The molecule has 4 heteroatoms. The summed E-state index contributed by atoms with van der Waals surface area (Å²) >= 11 is 0. The normalized spacial score (nSPS) is 35.9. The average molecular weight is 233 g/mol. The molecule has 2 fully saturated rings. The number of hydrogen-bond donors (Lipinski definition) is 0. The van der Waals surface area contributed by atoms with Crippen LogP contribution in [-0.2, 0) is 9.84 Å². The van der Waals surface area contributed by atoms with Gasteiger partial charge in [-0.1, -0.05) is 13.8 Å². The van der Waals surface area contributed by atoms with Crippen LogP contribution in [0.4, 0.5) is 0 Å². The van der Waals surface area contributed by atoms with Crippen LogP contribution in [0.5, 0.6) is 0 Å². The standard InChI is InChI=1S/C9H17NO2S.C2H6/c1-10-4-3-9(7-10)5-8(6-9)13(2,11)12;1-2/h8H,3-7H2,1-2H3;1-2H3. The molecule has 0 unspecified atom stereocenters. The quantitative estimate of drug-likeness (QED) is 0.689. The fourth-order valence-corrected chi connectivity index (χ4v) is 4.01. The number of hydrogen-bond acceptors (Lipinski definition) is 3. The van der Waals surface area contributed by atoms with Crippen molar-refractivity contribution in [2.45, 2.75) is 38.4 Å². The predicted molar refractivity (Wildman–Crippen MR) is 63.8 cm³/mol. The van der Waals surface area contributed by atoms with Gasteiger partial charge < -0.3 is 4.90 Å². The van der Waals surface area contributed by atoms with Gasteiger partial charge in [0.2, 0.25) is 0 Å². The van der Waals surface area contributed by atoms with E-state index >= 15 is 0 Å². The van der Waals surface area contributed by atoms with Gasteiger partial charge in [-0.25, -0.2) is 8.42 Å². The highest BCUT2D eigenvalue weighted by molar-refractivity contribution is 7.91. The molecule has 0 bridgehead atoms. The van der Waals surface area contributed by atoms with Crippen LogP contribution in [0, 0.1) is 5.41 Å². The van der Waals surface area contributed by atoms with Crippen molar-refractivity contribution in [1.82, 2.24) is 4.90 Å². The third-order valence-electron chi connectivity index (χ3n) is 3.56. The minimum Gasteiger partial charge on any atom is -0.306 e. The minimum absolute atomic E-state index is 0.0426. The second-order valence-corrected chi connectivity index (χ2v) is 7.17. The fraction of sp³-hybridized carbons (Fsp3) is 1.00. The number of nitrogens with zero attached hydrogens (tertiary/aromatic N) is 1. The van der Waals surface area contributed by atoms with Crippen LogP contribution in [0.1, 0.15) is 33.1 Å². The Bertz CT molecular complexity index is 305. The first kappa shape index (κ1) is 13.0. The highest BCUT2D eigenvalue weighted by atomic mass is 32.2. The van der Waals surface area contributed by atoms with Gasteiger partial charge in [0.05, 0.1) is 5.25 Å². The molecule has 1 spiro atoms. The number of rotatable bonds is 1. The summed E-state index contributed by atoms with van der Waals surface area (Å²) in [7, 11) is -0.652. The average Bonchev–Trinajstić information content (AvgIpc) is 2.47. The van der Waals surface area contributed by atoms with Crippen molar-refractivity contribution in [2.24, 2.45) is 5.41 Å². The Balaban J connectivity index is 0.000000531. The van der Waals surface area contributed by atoms with Gasteiger partial charge in [-0.2, -0.15) is 0 Å². The summed E-state index contributed by atoms with van der Waals surface area (Å²) in [4.78, 5) is 2.30. The van der Waals surface area contributed by atoms with E-state index in [1.165, 1.54) is 12.7 Å². The maximum Gasteiger partial charge on any atom is 0.150 e. The highest BCUT2D eigenvalue weighted by Gasteiger charge is 2.50. The molecule has 15 heavy (non-hydrogen) atoms. The summed E-state index contributed by atoms with van der Waals surface area (Å²) in [5.41, 5.74) is 0.364. The van der Waals surface area contributed by atoms with E-state index in [2.05, 4.69) is 11.9 Å². The Morgan fingerprint density at radius 2 is 1.80 bits per heavy atom. The second-order valence-electron chi connectivity index (χ2n) is 4.85. The molecule has 0 radical (unpaired) electrons. The van der Waals surface area contributed by atoms with Crippen LogP contribution in [0.2, 0.25) is 0 Å². The van der Waals surface area contributed by atoms with Crippen molar-refractivity contribution in [3.8, 4) is 0 Å². The zero-order valence-corrected chi connectivity index (χ0v) is 11.1. The van der Waals surface area contributed by atoms with E-state index in [1.54, 1.807) is 0 Å². The number of sulfone groups is 1. The van der Waals surface area contributed by atoms with Crippen molar-refractivity contribution in [2.75, 3.05) is 26.4 Å². The largest absolute Gasteiger partial charge is 0.306 e. The second kappa shape index (κ2) is 4.42. The van der Waals surface area contributed by atoms with Crippen molar-refractivity contribution in [3.63, 3.8) is 0 Å². The molecule has 2 aliphatic rings. The maximum atomic E-state index is 11.2. The van der Waals surface area contributed by atoms with Crippen molar-refractivity contribution >= 4 is 9.84 Å². The molecule has 1 heterocycles. The Kier molecular flexibility index (Phi) is 3.82. The molecule has 1 saturated carbocycles. The molecule has 1 aliphatic carbocycles. The third kappa shape index (κ3) is 2.72. The molecule has 0 N–H and O–H groups in total. The molecule has 0 atom stereocenters. The lowest BCUT2D eigenvalue weighted by Gasteiger charge is -2.44. The fourth-order valence-electron chi connectivity index (χ4n) is 2.70. The van der Waals surface area contributed by atoms with Crippen LogP contribution in [-0.4, -0.2) is 45.0 Å². The van der Waals surface area contributed by atoms with Crippen LogP contribution in [0.15, 0.2) is 0 Å². The highest BCUT2D eigenvalue weighted by Crippen LogP contribution is 2.50. The van der Waals surface area contributed by atoms with Crippen molar-refractivity contribution in [1.29, 1.82) is 0 Å². The molecule has 1 aliphatic heterocycles. The zero-order valence-electron chi connectivity index (χ0n) is 10.3. The van der Waals surface area contributed by atoms with Gasteiger partial charge in [0.1, 0.15) is 9.84 Å².